The van der Waals surface area contributed by atoms with E-state index >= 15 is 0 Å². The molecule has 170 valence electrons. The fourth-order valence-electron chi connectivity index (χ4n) is 2.65. The molecule has 11 heteroatoms. The highest BCUT2D eigenvalue weighted by Crippen LogP contribution is 2.31. The van der Waals surface area contributed by atoms with E-state index in [9.17, 15) is 26.4 Å². The van der Waals surface area contributed by atoms with Crippen molar-refractivity contribution >= 4 is 27.3 Å². The number of carbonyl (C=O) groups excluding carboxylic acids is 1. The molecule has 0 radical (unpaired) electrons. The van der Waals surface area contributed by atoms with Crippen LogP contribution in [0, 0.1) is 0 Å². The molecule has 0 aliphatic carbocycles. The molecular formula is C21H19F3N2O4S2. The molecule has 0 bridgehead atoms. The number of sulfonamides is 1. The second kappa shape index (κ2) is 10.2. The first-order chi connectivity index (χ1) is 15.1. The lowest BCUT2D eigenvalue weighted by Gasteiger charge is -2.11. The Morgan fingerprint density at radius 3 is 2.44 bits per heavy atom. The molecule has 3 rings (SSSR count). The van der Waals surface area contributed by atoms with Crippen LogP contribution in [0.5, 0.6) is 5.75 Å². The van der Waals surface area contributed by atoms with Crippen molar-refractivity contribution in [1.29, 1.82) is 0 Å². The molecule has 0 saturated carbocycles. The number of amides is 1. The summed E-state index contributed by atoms with van der Waals surface area (Å²) in [5.41, 5.74) is -0.583. The van der Waals surface area contributed by atoms with Crippen LogP contribution in [0.3, 0.4) is 0 Å². The maximum atomic E-state index is 12.7. The maximum Gasteiger partial charge on any atom is 0.416 e. The van der Waals surface area contributed by atoms with Crippen LogP contribution in [-0.2, 0) is 22.7 Å². The van der Waals surface area contributed by atoms with Crippen LogP contribution >= 0.6 is 11.3 Å². The van der Waals surface area contributed by atoms with Gasteiger partial charge in [-0.3, -0.25) is 4.79 Å². The van der Waals surface area contributed by atoms with Crippen molar-refractivity contribution in [3.05, 3.63) is 82.0 Å². The van der Waals surface area contributed by atoms with Gasteiger partial charge in [0.15, 0.2) is 0 Å². The van der Waals surface area contributed by atoms with Gasteiger partial charge in [-0.2, -0.15) is 13.2 Å². The molecule has 1 heterocycles. The van der Waals surface area contributed by atoms with Crippen LogP contribution in [0.2, 0.25) is 0 Å². The van der Waals surface area contributed by atoms with Gasteiger partial charge < -0.3 is 10.1 Å². The smallest absolute Gasteiger partial charge is 0.416 e. The van der Waals surface area contributed by atoms with Crippen LogP contribution in [0.4, 0.5) is 13.2 Å². The standard InChI is InChI=1S/C21H19F3N2O4S2/c22-21(23,24)16-3-1-4-17(13-16)30-11-10-25-20(27)15-6-8-19(9-7-15)32(28,29)26-14-18-5-2-12-31-18/h1-9,12-13,26H,10-11,14H2,(H,25,27). The van der Waals surface area contributed by atoms with Crippen molar-refractivity contribution < 1.29 is 31.1 Å². The molecule has 1 amide bonds. The quantitative estimate of drug-likeness (QED) is 0.449. The molecule has 0 fully saturated rings. The number of alkyl halides is 3. The Balaban J connectivity index is 1.48. The SMILES string of the molecule is O=C(NCCOc1cccc(C(F)(F)F)c1)c1ccc(S(=O)(=O)NCc2cccs2)cc1. The average molecular weight is 485 g/mol. The zero-order valence-electron chi connectivity index (χ0n) is 16.6. The zero-order valence-corrected chi connectivity index (χ0v) is 18.2. The molecule has 2 aromatic carbocycles. The van der Waals surface area contributed by atoms with Crippen molar-refractivity contribution in [2.75, 3.05) is 13.2 Å². The summed E-state index contributed by atoms with van der Waals surface area (Å²) in [6, 6.07) is 13.5. The van der Waals surface area contributed by atoms with E-state index in [1.807, 2.05) is 17.5 Å². The van der Waals surface area contributed by atoms with Gasteiger partial charge in [0.1, 0.15) is 12.4 Å². The third-order valence-electron chi connectivity index (χ3n) is 4.26. The fraction of sp³-hybridized carbons (Fsp3) is 0.190. The number of benzene rings is 2. The Bertz CT molecular complexity index is 1150. The van der Waals surface area contributed by atoms with Crippen molar-refractivity contribution in [3.63, 3.8) is 0 Å². The van der Waals surface area contributed by atoms with E-state index in [0.717, 1.165) is 17.0 Å². The summed E-state index contributed by atoms with van der Waals surface area (Å²) in [7, 11) is -3.72. The predicted molar refractivity (Wildman–Crippen MR) is 114 cm³/mol. The molecule has 0 aliphatic rings. The minimum Gasteiger partial charge on any atom is -0.492 e. The molecule has 2 N–H and O–H groups in total. The number of rotatable bonds is 9. The summed E-state index contributed by atoms with van der Waals surface area (Å²) in [6.45, 7) is 0.192. The lowest BCUT2D eigenvalue weighted by Crippen LogP contribution is -2.28. The highest BCUT2D eigenvalue weighted by atomic mass is 32.2. The Kier molecular flexibility index (Phi) is 7.54. The molecule has 32 heavy (non-hydrogen) atoms. The highest BCUT2D eigenvalue weighted by molar-refractivity contribution is 7.89. The molecular weight excluding hydrogens is 465 g/mol. The molecule has 3 aromatic rings. The van der Waals surface area contributed by atoms with Crippen molar-refractivity contribution in [3.8, 4) is 5.75 Å². The Morgan fingerprint density at radius 2 is 1.78 bits per heavy atom. The molecule has 0 unspecified atom stereocenters. The van der Waals surface area contributed by atoms with Crippen molar-refractivity contribution in [2.45, 2.75) is 17.6 Å². The van der Waals surface area contributed by atoms with E-state index < -0.39 is 27.7 Å². The van der Waals surface area contributed by atoms with E-state index in [1.165, 1.54) is 47.7 Å². The lowest BCUT2D eigenvalue weighted by atomic mass is 10.2. The molecule has 6 nitrogen and oxygen atoms in total. The molecule has 0 spiro atoms. The first kappa shape index (κ1) is 23.8. The lowest BCUT2D eigenvalue weighted by molar-refractivity contribution is -0.137. The Hall–Kier alpha value is -2.89. The van der Waals surface area contributed by atoms with Gasteiger partial charge in [-0.05, 0) is 53.9 Å². The molecule has 0 atom stereocenters. The second-order valence-electron chi connectivity index (χ2n) is 6.56. The zero-order chi connectivity index (χ0) is 23.2. The van der Waals surface area contributed by atoms with Crippen LogP contribution in [-0.4, -0.2) is 27.5 Å². The van der Waals surface area contributed by atoms with Crippen LogP contribution in [0.25, 0.3) is 0 Å². The second-order valence-corrected chi connectivity index (χ2v) is 9.36. The summed E-state index contributed by atoms with van der Waals surface area (Å²) in [5, 5.41) is 4.42. The minimum absolute atomic E-state index is 0.0264. The van der Waals surface area contributed by atoms with Crippen LogP contribution < -0.4 is 14.8 Å². The maximum absolute atomic E-state index is 12.7. The van der Waals surface area contributed by atoms with Crippen LogP contribution in [0.15, 0.2) is 70.9 Å². The molecule has 0 saturated heterocycles. The van der Waals surface area contributed by atoms with Crippen molar-refractivity contribution in [1.82, 2.24) is 10.0 Å². The number of ether oxygens (including phenoxy) is 1. The predicted octanol–water partition coefficient (Wildman–Crippen LogP) is 4.05. The van der Waals surface area contributed by atoms with E-state index in [0.29, 0.717) is 0 Å². The summed E-state index contributed by atoms with van der Waals surface area (Å²) >= 11 is 1.43. The van der Waals surface area contributed by atoms with Gasteiger partial charge in [0.05, 0.1) is 17.0 Å². The first-order valence-electron chi connectivity index (χ1n) is 9.35. The van der Waals surface area contributed by atoms with E-state index in [4.69, 9.17) is 4.74 Å². The summed E-state index contributed by atoms with van der Waals surface area (Å²) in [6.07, 6.45) is -4.47. The van der Waals surface area contributed by atoms with Gasteiger partial charge in [0, 0.05) is 17.0 Å². The van der Waals surface area contributed by atoms with Gasteiger partial charge in [-0.1, -0.05) is 12.1 Å². The molecule has 0 aliphatic heterocycles. The van der Waals surface area contributed by atoms with Gasteiger partial charge >= 0.3 is 6.18 Å². The molecule has 1 aromatic heterocycles. The summed E-state index contributed by atoms with van der Waals surface area (Å²) in [5.74, 6) is -0.424. The van der Waals surface area contributed by atoms with Crippen molar-refractivity contribution in [2.24, 2.45) is 0 Å². The van der Waals surface area contributed by atoms with Gasteiger partial charge in [0.25, 0.3) is 5.91 Å². The normalized spacial score (nSPS) is 11.8. The number of hydrogen-bond donors (Lipinski definition) is 2. The van der Waals surface area contributed by atoms with E-state index in [-0.39, 0.29) is 35.9 Å². The topological polar surface area (TPSA) is 84.5 Å². The fourth-order valence-corrected chi connectivity index (χ4v) is 4.39. The minimum atomic E-state index is -4.47. The Morgan fingerprint density at radius 1 is 1.03 bits per heavy atom. The highest BCUT2D eigenvalue weighted by Gasteiger charge is 2.30. The number of halogens is 3. The van der Waals surface area contributed by atoms with Gasteiger partial charge in [0.2, 0.25) is 10.0 Å². The van der Waals surface area contributed by atoms with Crippen LogP contribution in [0.1, 0.15) is 20.8 Å². The summed E-state index contributed by atoms with van der Waals surface area (Å²) in [4.78, 5) is 13.1. The van der Waals surface area contributed by atoms with E-state index in [1.54, 1.807) is 0 Å². The number of hydrogen-bond acceptors (Lipinski definition) is 5. The number of nitrogens with one attached hydrogen (secondary N) is 2. The third-order valence-corrected chi connectivity index (χ3v) is 6.55. The largest absolute Gasteiger partial charge is 0.492 e. The van der Waals surface area contributed by atoms with Gasteiger partial charge in [-0.15, -0.1) is 11.3 Å². The number of carbonyl (C=O) groups is 1. The summed E-state index contributed by atoms with van der Waals surface area (Å²) < 4.78 is 70.5. The average Bonchev–Trinajstić information content (AvgIpc) is 3.29. The Labute approximate surface area is 187 Å². The first-order valence-corrected chi connectivity index (χ1v) is 11.7. The van der Waals surface area contributed by atoms with Gasteiger partial charge in [-0.25, -0.2) is 13.1 Å². The monoisotopic (exact) mass is 484 g/mol. The third kappa shape index (κ3) is 6.55. The number of thiophene rings is 1. The van der Waals surface area contributed by atoms with E-state index in [2.05, 4.69) is 10.0 Å².